The van der Waals surface area contributed by atoms with Crippen LogP contribution in [0.4, 0.5) is 5.69 Å². The summed E-state index contributed by atoms with van der Waals surface area (Å²) >= 11 is 1.52. The highest BCUT2D eigenvalue weighted by atomic mass is 32.2. The first kappa shape index (κ1) is 21.3. The number of sulfonamides is 1. The van der Waals surface area contributed by atoms with Crippen LogP contribution in [0, 0.1) is 0 Å². The fourth-order valence-electron chi connectivity index (χ4n) is 2.66. The van der Waals surface area contributed by atoms with E-state index in [9.17, 15) is 13.2 Å². The van der Waals surface area contributed by atoms with E-state index in [0.717, 1.165) is 4.90 Å². The second-order valence-electron chi connectivity index (χ2n) is 5.61. The van der Waals surface area contributed by atoms with Crippen molar-refractivity contribution in [2.24, 2.45) is 0 Å². The highest BCUT2D eigenvalue weighted by Crippen LogP contribution is 2.29. The minimum absolute atomic E-state index is 0.0144. The number of carbonyl (C=O) groups excluding carboxylic acids is 1. The summed E-state index contributed by atoms with van der Waals surface area (Å²) in [5.74, 6) is -0.168. The molecule has 0 radical (unpaired) electrons. The summed E-state index contributed by atoms with van der Waals surface area (Å²) in [5.41, 5.74) is 0.927. The molecule has 0 atom stereocenters. The zero-order chi connectivity index (χ0) is 20.0. The van der Waals surface area contributed by atoms with Crippen molar-refractivity contribution < 1.29 is 17.9 Å². The number of nitrogens with zero attached hydrogens (tertiary/aromatic N) is 1. The van der Waals surface area contributed by atoms with Gasteiger partial charge in [-0.1, -0.05) is 26.0 Å². The molecule has 0 heterocycles. The molecule has 0 bridgehead atoms. The molecule has 2 rings (SSSR count). The first-order valence-corrected chi connectivity index (χ1v) is 11.2. The molecule has 146 valence electrons. The van der Waals surface area contributed by atoms with Gasteiger partial charge in [-0.25, -0.2) is 8.42 Å². The number of ether oxygens (including phenoxy) is 1. The van der Waals surface area contributed by atoms with Gasteiger partial charge in [-0.2, -0.15) is 4.31 Å². The summed E-state index contributed by atoms with van der Waals surface area (Å²) in [6.07, 6.45) is 1.92. The lowest BCUT2D eigenvalue weighted by molar-refractivity contribution is 0.102. The zero-order valence-electron chi connectivity index (χ0n) is 15.9. The maximum Gasteiger partial charge on any atom is 0.255 e. The molecule has 8 heteroatoms. The summed E-state index contributed by atoms with van der Waals surface area (Å²) in [5, 5.41) is 2.84. The van der Waals surface area contributed by atoms with Crippen molar-refractivity contribution in [3.63, 3.8) is 0 Å². The monoisotopic (exact) mass is 408 g/mol. The fourth-order valence-corrected chi connectivity index (χ4v) is 4.86. The molecule has 0 aliphatic heterocycles. The van der Waals surface area contributed by atoms with E-state index in [1.165, 1.54) is 35.3 Å². The first-order valence-electron chi connectivity index (χ1n) is 8.51. The third-order valence-corrected chi connectivity index (χ3v) is 6.97. The molecule has 1 amide bonds. The summed E-state index contributed by atoms with van der Waals surface area (Å²) in [6.45, 7) is 4.20. The summed E-state index contributed by atoms with van der Waals surface area (Å²) in [7, 11) is -2.35. The SMILES string of the molecule is CCN(CC)S(=O)(=O)c1cc(C(=O)Nc2ccccc2SC)ccc1OC. The van der Waals surface area contributed by atoms with E-state index in [2.05, 4.69) is 5.32 Å². The standard InChI is InChI=1S/C19H24N2O4S2/c1-5-21(6-2)27(23,24)18-13-14(11-12-16(18)25-3)19(22)20-15-9-7-8-10-17(15)26-4/h7-13H,5-6H2,1-4H3,(H,20,22). The van der Waals surface area contributed by atoms with Gasteiger partial charge in [0, 0.05) is 23.5 Å². The van der Waals surface area contributed by atoms with Gasteiger partial charge in [0.2, 0.25) is 10.0 Å². The summed E-state index contributed by atoms with van der Waals surface area (Å²) in [4.78, 5) is 13.6. The summed E-state index contributed by atoms with van der Waals surface area (Å²) < 4.78 is 32.4. The van der Waals surface area contributed by atoms with Crippen LogP contribution in [0.15, 0.2) is 52.3 Å². The van der Waals surface area contributed by atoms with E-state index in [1.807, 2.05) is 24.5 Å². The average Bonchev–Trinajstić information content (AvgIpc) is 2.68. The lowest BCUT2D eigenvalue weighted by Gasteiger charge is -2.20. The molecular weight excluding hydrogens is 384 g/mol. The van der Waals surface area contributed by atoms with Crippen LogP contribution in [-0.2, 0) is 10.0 Å². The molecule has 0 fully saturated rings. The van der Waals surface area contributed by atoms with Gasteiger partial charge in [0.15, 0.2) is 0 Å². The van der Waals surface area contributed by atoms with Gasteiger partial charge in [-0.05, 0) is 36.6 Å². The number of nitrogens with one attached hydrogen (secondary N) is 1. The van der Waals surface area contributed by atoms with E-state index in [-0.39, 0.29) is 22.1 Å². The molecular formula is C19H24N2O4S2. The predicted octanol–water partition coefficient (Wildman–Crippen LogP) is 3.70. The number of anilines is 1. The fraction of sp³-hybridized carbons (Fsp3) is 0.316. The minimum atomic E-state index is -3.76. The third kappa shape index (κ3) is 4.63. The number of carbonyl (C=O) groups is 1. The highest BCUT2D eigenvalue weighted by Gasteiger charge is 2.27. The number of hydrogen-bond acceptors (Lipinski definition) is 5. The van der Waals surface area contributed by atoms with Gasteiger partial charge in [0.25, 0.3) is 5.91 Å². The van der Waals surface area contributed by atoms with Crippen LogP contribution in [0.2, 0.25) is 0 Å². The van der Waals surface area contributed by atoms with Gasteiger partial charge in [-0.15, -0.1) is 11.8 Å². The molecule has 0 spiro atoms. The Morgan fingerprint density at radius 1 is 1.15 bits per heavy atom. The third-order valence-electron chi connectivity index (χ3n) is 4.10. The Morgan fingerprint density at radius 3 is 2.41 bits per heavy atom. The van der Waals surface area contributed by atoms with Gasteiger partial charge in [0.1, 0.15) is 10.6 Å². The maximum atomic E-state index is 12.9. The molecule has 0 aromatic heterocycles. The van der Waals surface area contributed by atoms with Crippen molar-refractivity contribution in [2.45, 2.75) is 23.6 Å². The quantitative estimate of drug-likeness (QED) is 0.674. The van der Waals surface area contributed by atoms with E-state index in [1.54, 1.807) is 26.0 Å². The Kier molecular flexibility index (Phi) is 7.29. The number of amides is 1. The average molecular weight is 409 g/mol. The number of para-hydroxylation sites is 1. The van der Waals surface area contributed by atoms with Crippen LogP contribution in [0.5, 0.6) is 5.75 Å². The Balaban J connectivity index is 2.43. The molecule has 0 unspecified atom stereocenters. The van der Waals surface area contributed by atoms with Gasteiger partial charge in [-0.3, -0.25) is 4.79 Å². The molecule has 27 heavy (non-hydrogen) atoms. The second kappa shape index (κ2) is 9.25. The molecule has 0 saturated heterocycles. The lowest BCUT2D eigenvalue weighted by atomic mass is 10.2. The van der Waals surface area contributed by atoms with Crippen LogP contribution < -0.4 is 10.1 Å². The van der Waals surface area contributed by atoms with E-state index < -0.39 is 10.0 Å². The second-order valence-corrected chi connectivity index (χ2v) is 8.36. The van der Waals surface area contributed by atoms with Gasteiger partial charge >= 0.3 is 0 Å². The molecule has 2 aromatic rings. The van der Waals surface area contributed by atoms with Crippen LogP contribution in [0.1, 0.15) is 24.2 Å². The van der Waals surface area contributed by atoms with E-state index in [4.69, 9.17) is 4.74 Å². The molecule has 6 nitrogen and oxygen atoms in total. The van der Waals surface area contributed by atoms with Crippen LogP contribution in [0.25, 0.3) is 0 Å². The highest BCUT2D eigenvalue weighted by molar-refractivity contribution is 7.98. The zero-order valence-corrected chi connectivity index (χ0v) is 17.5. The van der Waals surface area contributed by atoms with Gasteiger partial charge in [0.05, 0.1) is 12.8 Å². The number of benzene rings is 2. The van der Waals surface area contributed by atoms with Crippen LogP contribution >= 0.6 is 11.8 Å². The smallest absolute Gasteiger partial charge is 0.255 e. The number of methoxy groups -OCH3 is 1. The Hall–Kier alpha value is -2.03. The van der Waals surface area contributed by atoms with Crippen LogP contribution in [-0.4, -0.2) is 45.1 Å². The summed E-state index contributed by atoms with van der Waals surface area (Å²) in [6, 6.07) is 11.9. The van der Waals surface area contributed by atoms with Crippen molar-refractivity contribution in [1.82, 2.24) is 4.31 Å². The molecule has 0 saturated carbocycles. The topological polar surface area (TPSA) is 75.7 Å². The lowest BCUT2D eigenvalue weighted by Crippen LogP contribution is -2.31. The van der Waals surface area contributed by atoms with E-state index in [0.29, 0.717) is 18.8 Å². The normalized spacial score (nSPS) is 11.4. The molecule has 2 aromatic carbocycles. The number of rotatable bonds is 8. The van der Waals surface area contributed by atoms with E-state index >= 15 is 0 Å². The van der Waals surface area contributed by atoms with Gasteiger partial charge < -0.3 is 10.1 Å². The number of thioether (sulfide) groups is 1. The van der Waals surface area contributed by atoms with Crippen molar-refractivity contribution in [1.29, 1.82) is 0 Å². The molecule has 0 aliphatic rings. The van der Waals surface area contributed by atoms with Crippen molar-refractivity contribution in [2.75, 3.05) is 31.8 Å². The van der Waals surface area contributed by atoms with Crippen molar-refractivity contribution in [3.8, 4) is 5.75 Å². The Bertz CT molecular complexity index is 910. The Morgan fingerprint density at radius 2 is 1.81 bits per heavy atom. The largest absolute Gasteiger partial charge is 0.495 e. The predicted molar refractivity (Wildman–Crippen MR) is 109 cm³/mol. The maximum absolute atomic E-state index is 12.9. The molecule has 1 N–H and O–H groups in total. The first-order chi connectivity index (χ1) is 12.9. The van der Waals surface area contributed by atoms with Crippen molar-refractivity contribution >= 4 is 33.4 Å². The Labute approximate surface area is 165 Å². The minimum Gasteiger partial charge on any atom is -0.495 e. The van der Waals surface area contributed by atoms with Crippen LogP contribution in [0.3, 0.4) is 0 Å². The molecule has 0 aliphatic carbocycles. The number of hydrogen-bond donors (Lipinski definition) is 1. The van der Waals surface area contributed by atoms with Crippen molar-refractivity contribution in [3.05, 3.63) is 48.0 Å².